The first-order chi connectivity index (χ1) is 12.6. The number of aromatic nitrogens is 1. The van der Waals surface area contributed by atoms with E-state index in [1.54, 1.807) is 18.1 Å². The Kier molecular flexibility index (Phi) is 11.0. The summed E-state index contributed by atoms with van der Waals surface area (Å²) in [5.41, 5.74) is 2.02. The first-order valence-electron chi connectivity index (χ1n) is 8.42. The highest BCUT2D eigenvalue weighted by molar-refractivity contribution is 14.0. The molecule has 0 bridgehead atoms. The Hall–Kier alpha value is -1.68. The number of hydrogen-bond acceptors (Lipinski definition) is 3. The molecule has 1 aromatic carbocycles. The van der Waals surface area contributed by atoms with Crippen LogP contribution in [0.15, 0.2) is 58.1 Å². The molecule has 6 nitrogen and oxygen atoms in total. The maximum Gasteiger partial charge on any atom is 0.224 e. The summed E-state index contributed by atoms with van der Waals surface area (Å²) in [5.74, 6) is 0.727. The molecule has 0 unspecified atom stereocenters. The average Bonchev–Trinajstić information content (AvgIpc) is 2.67. The van der Waals surface area contributed by atoms with Gasteiger partial charge in [0, 0.05) is 44.3 Å². The lowest BCUT2D eigenvalue weighted by Crippen LogP contribution is -2.39. The van der Waals surface area contributed by atoms with Crippen LogP contribution >= 0.6 is 39.9 Å². The lowest BCUT2D eigenvalue weighted by Gasteiger charge is -2.19. The summed E-state index contributed by atoms with van der Waals surface area (Å²) >= 11 is 3.51. The third-order valence-electron chi connectivity index (χ3n) is 3.81. The van der Waals surface area contributed by atoms with Crippen molar-refractivity contribution < 1.29 is 4.79 Å². The van der Waals surface area contributed by atoms with Crippen LogP contribution < -0.4 is 10.6 Å². The number of hydrogen-bond donors (Lipinski definition) is 2. The first kappa shape index (κ1) is 23.4. The van der Waals surface area contributed by atoms with E-state index in [0.717, 1.165) is 15.7 Å². The zero-order valence-electron chi connectivity index (χ0n) is 15.5. The zero-order chi connectivity index (χ0) is 18.8. The van der Waals surface area contributed by atoms with Gasteiger partial charge in [0.1, 0.15) is 0 Å². The molecule has 0 atom stereocenters. The summed E-state index contributed by atoms with van der Waals surface area (Å²) in [4.78, 5) is 22.4. The van der Waals surface area contributed by atoms with Crippen LogP contribution in [-0.2, 0) is 17.9 Å². The summed E-state index contributed by atoms with van der Waals surface area (Å²) in [7, 11) is 3.52. The SMILES string of the molecule is CN=C(NCCC(=O)N(C)Cc1ccccc1Br)NCc1ccccn1.I. The highest BCUT2D eigenvalue weighted by Crippen LogP contribution is 2.17. The van der Waals surface area contributed by atoms with Crippen LogP contribution in [-0.4, -0.2) is 42.4 Å². The lowest BCUT2D eigenvalue weighted by atomic mass is 10.2. The number of benzene rings is 1. The van der Waals surface area contributed by atoms with E-state index in [9.17, 15) is 4.79 Å². The van der Waals surface area contributed by atoms with Gasteiger partial charge >= 0.3 is 0 Å². The third kappa shape index (κ3) is 8.25. The second-order valence-corrected chi connectivity index (χ2v) is 6.62. The van der Waals surface area contributed by atoms with Crippen molar-refractivity contribution in [3.05, 3.63) is 64.4 Å². The third-order valence-corrected chi connectivity index (χ3v) is 4.58. The minimum Gasteiger partial charge on any atom is -0.356 e. The first-order valence-corrected chi connectivity index (χ1v) is 9.21. The molecule has 146 valence electrons. The number of pyridine rings is 1. The van der Waals surface area contributed by atoms with Crippen molar-refractivity contribution in [1.29, 1.82) is 0 Å². The molecule has 0 spiro atoms. The Balaban J connectivity index is 0.00000364. The molecule has 0 saturated carbocycles. The van der Waals surface area contributed by atoms with Gasteiger partial charge in [-0.3, -0.25) is 14.8 Å². The molecule has 27 heavy (non-hydrogen) atoms. The molecular formula is C19H25BrIN5O. The van der Waals surface area contributed by atoms with Gasteiger partial charge in [-0.25, -0.2) is 0 Å². The molecule has 2 rings (SSSR count). The number of guanidine groups is 1. The number of halogens is 2. The fourth-order valence-electron chi connectivity index (χ4n) is 2.35. The lowest BCUT2D eigenvalue weighted by molar-refractivity contribution is -0.130. The van der Waals surface area contributed by atoms with Crippen molar-refractivity contribution in [2.24, 2.45) is 4.99 Å². The summed E-state index contributed by atoms with van der Waals surface area (Å²) in [6, 6.07) is 13.7. The average molecular weight is 546 g/mol. The van der Waals surface area contributed by atoms with Gasteiger partial charge in [0.15, 0.2) is 5.96 Å². The molecule has 0 aliphatic rings. The number of aliphatic imine (C=N–C) groups is 1. The van der Waals surface area contributed by atoms with Crippen molar-refractivity contribution >= 4 is 51.8 Å². The van der Waals surface area contributed by atoms with Crippen molar-refractivity contribution in [2.75, 3.05) is 20.6 Å². The van der Waals surface area contributed by atoms with E-state index >= 15 is 0 Å². The Morgan fingerprint density at radius 2 is 1.93 bits per heavy atom. The topological polar surface area (TPSA) is 69.6 Å². The van der Waals surface area contributed by atoms with Crippen LogP contribution in [0, 0.1) is 0 Å². The van der Waals surface area contributed by atoms with Gasteiger partial charge in [-0.15, -0.1) is 24.0 Å². The van der Waals surface area contributed by atoms with E-state index in [0.29, 0.717) is 32.0 Å². The molecule has 8 heteroatoms. The van der Waals surface area contributed by atoms with Crippen LogP contribution in [0.3, 0.4) is 0 Å². The van der Waals surface area contributed by atoms with Crippen molar-refractivity contribution in [3.8, 4) is 0 Å². The van der Waals surface area contributed by atoms with Crippen molar-refractivity contribution in [1.82, 2.24) is 20.5 Å². The minimum atomic E-state index is 0. The van der Waals surface area contributed by atoms with E-state index in [-0.39, 0.29) is 29.9 Å². The number of nitrogens with zero attached hydrogens (tertiary/aromatic N) is 3. The molecule has 1 aromatic heterocycles. The Morgan fingerprint density at radius 1 is 1.19 bits per heavy atom. The Labute approximate surface area is 186 Å². The van der Waals surface area contributed by atoms with E-state index in [1.807, 2.05) is 49.5 Å². The maximum absolute atomic E-state index is 12.3. The largest absolute Gasteiger partial charge is 0.356 e. The van der Waals surface area contributed by atoms with Crippen LogP contribution in [0.2, 0.25) is 0 Å². The second kappa shape index (κ2) is 12.7. The molecular weight excluding hydrogens is 521 g/mol. The standard InChI is InChI=1S/C19H24BrN5O.HI/c1-21-19(24-13-16-8-5-6-11-22-16)23-12-10-18(26)25(2)14-15-7-3-4-9-17(15)20;/h3-9,11H,10,12-14H2,1-2H3,(H2,21,23,24);1H. The highest BCUT2D eigenvalue weighted by atomic mass is 127. The van der Waals surface area contributed by atoms with E-state index < -0.39 is 0 Å². The number of carbonyl (C=O) groups excluding carboxylic acids is 1. The molecule has 2 aromatic rings. The number of amides is 1. The summed E-state index contributed by atoms with van der Waals surface area (Å²) in [5, 5.41) is 6.34. The van der Waals surface area contributed by atoms with Gasteiger partial charge in [0.25, 0.3) is 0 Å². The zero-order valence-corrected chi connectivity index (χ0v) is 19.4. The minimum absolute atomic E-state index is 0. The Morgan fingerprint density at radius 3 is 2.59 bits per heavy atom. The van der Waals surface area contributed by atoms with Gasteiger partial charge < -0.3 is 15.5 Å². The molecule has 0 aliphatic heterocycles. The highest BCUT2D eigenvalue weighted by Gasteiger charge is 2.11. The van der Waals surface area contributed by atoms with Crippen LogP contribution in [0.4, 0.5) is 0 Å². The second-order valence-electron chi connectivity index (χ2n) is 5.76. The maximum atomic E-state index is 12.3. The van der Waals surface area contributed by atoms with Gasteiger partial charge in [-0.2, -0.15) is 0 Å². The van der Waals surface area contributed by atoms with Gasteiger partial charge in [-0.1, -0.05) is 40.2 Å². The van der Waals surface area contributed by atoms with E-state index in [1.165, 1.54) is 0 Å². The quantitative estimate of drug-likeness (QED) is 0.318. The molecule has 0 saturated heterocycles. The summed E-state index contributed by atoms with van der Waals surface area (Å²) < 4.78 is 1.01. The molecule has 2 N–H and O–H groups in total. The monoisotopic (exact) mass is 545 g/mol. The number of nitrogens with one attached hydrogen (secondary N) is 2. The number of carbonyl (C=O) groups is 1. The molecule has 1 heterocycles. The summed E-state index contributed by atoms with van der Waals surface area (Å²) in [6.07, 6.45) is 2.15. The van der Waals surface area contributed by atoms with Crippen molar-refractivity contribution in [2.45, 2.75) is 19.5 Å². The fraction of sp³-hybridized carbons (Fsp3) is 0.316. The van der Waals surface area contributed by atoms with Crippen LogP contribution in [0.5, 0.6) is 0 Å². The van der Waals surface area contributed by atoms with E-state index in [4.69, 9.17) is 0 Å². The predicted molar refractivity (Wildman–Crippen MR) is 123 cm³/mol. The van der Waals surface area contributed by atoms with Gasteiger partial charge in [0.2, 0.25) is 5.91 Å². The normalized spacial score (nSPS) is 10.7. The van der Waals surface area contributed by atoms with Crippen LogP contribution in [0.1, 0.15) is 17.7 Å². The Bertz CT molecular complexity index is 742. The van der Waals surface area contributed by atoms with Gasteiger partial charge in [0.05, 0.1) is 12.2 Å². The fourth-order valence-corrected chi connectivity index (χ4v) is 2.76. The van der Waals surface area contributed by atoms with Gasteiger partial charge in [-0.05, 0) is 23.8 Å². The summed E-state index contributed by atoms with van der Waals surface area (Å²) in [6.45, 7) is 1.67. The van der Waals surface area contributed by atoms with Crippen molar-refractivity contribution in [3.63, 3.8) is 0 Å². The molecule has 0 radical (unpaired) electrons. The smallest absolute Gasteiger partial charge is 0.224 e. The number of rotatable bonds is 7. The van der Waals surface area contributed by atoms with E-state index in [2.05, 4.69) is 36.5 Å². The predicted octanol–water partition coefficient (Wildman–Crippen LogP) is 3.18. The molecule has 0 aliphatic carbocycles. The molecule has 1 amide bonds. The van der Waals surface area contributed by atoms with Crippen LogP contribution in [0.25, 0.3) is 0 Å². The molecule has 0 fully saturated rings.